The molecule has 1 saturated heterocycles. The van der Waals surface area contributed by atoms with Crippen molar-refractivity contribution in [2.75, 3.05) is 13.1 Å². The average Bonchev–Trinajstić information content (AvgIpc) is 2.76. The summed E-state index contributed by atoms with van der Waals surface area (Å²) in [7, 11) is 0. The summed E-state index contributed by atoms with van der Waals surface area (Å²) in [5, 5.41) is 10.9. The third-order valence-electron chi connectivity index (χ3n) is 6.19. The molecule has 1 aromatic carbocycles. The number of aryl methyl sites for hydroxylation is 1. The van der Waals surface area contributed by atoms with E-state index in [1.54, 1.807) is 23.0 Å². The van der Waals surface area contributed by atoms with Crippen LogP contribution >= 0.6 is 0 Å². The normalized spacial score (nSPS) is 16.5. The summed E-state index contributed by atoms with van der Waals surface area (Å²) in [6.45, 7) is 6.44. The first-order chi connectivity index (χ1) is 14.5. The van der Waals surface area contributed by atoms with Crippen molar-refractivity contribution in [1.82, 2.24) is 14.5 Å². The van der Waals surface area contributed by atoms with E-state index in [9.17, 15) is 9.90 Å². The van der Waals surface area contributed by atoms with Crippen LogP contribution in [-0.4, -0.2) is 32.6 Å². The van der Waals surface area contributed by atoms with E-state index in [1.165, 1.54) is 0 Å². The van der Waals surface area contributed by atoms with E-state index in [0.29, 0.717) is 18.0 Å². The van der Waals surface area contributed by atoms with Gasteiger partial charge in [-0.3, -0.25) is 14.7 Å². The molecular weight excluding hydrogens is 374 g/mol. The molecule has 1 aliphatic rings. The number of aromatic hydroxyl groups is 1. The lowest BCUT2D eigenvalue weighted by Crippen LogP contribution is -2.40. The van der Waals surface area contributed by atoms with Crippen LogP contribution < -0.4 is 5.56 Å². The van der Waals surface area contributed by atoms with Crippen LogP contribution in [0.15, 0.2) is 65.7 Å². The van der Waals surface area contributed by atoms with Gasteiger partial charge in [-0.15, -0.1) is 0 Å². The maximum Gasteiger partial charge on any atom is 0.259 e. The molecule has 30 heavy (non-hydrogen) atoms. The van der Waals surface area contributed by atoms with Crippen LogP contribution in [0.1, 0.15) is 48.2 Å². The quantitative estimate of drug-likeness (QED) is 0.696. The number of pyridine rings is 2. The molecule has 0 aliphatic carbocycles. The Kier molecular flexibility index (Phi) is 6.00. The summed E-state index contributed by atoms with van der Waals surface area (Å²) in [5.41, 5.74) is 3.13. The molecule has 0 amide bonds. The van der Waals surface area contributed by atoms with Crippen LogP contribution in [0.2, 0.25) is 0 Å². The van der Waals surface area contributed by atoms with Gasteiger partial charge < -0.3 is 9.67 Å². The third kappa shape index (κ3) is 4.17. The van der Waals surface area contributed by atoms with E-state index in [0.717, 1.165) is 42.8 Å². The van der Waals surface area contributed by atoms with Gasteiger partial charge in [-0.1, -0.05) is 37.3 Å². The molecule has 1 aliphatic heterocycles. The molecule has 1 N–H and O–H groups in total. The lowest BCUT2D eigenvalue weighted by Gasteiger charge is -2.37. The van der Waals surface area contributed by atoms with Crippen molar-refractivity contribution in [3.05, 3.63) is 93.7 Å². The van der Waals surface area contributed by atoms with Crippen LogP contribution in [-0.2, 0) is 6.54 Å². The highest BCUT2D eigenvalue weighted by Crippen LogP contribution is 2.35. The Hall–Kier alpha value is -2.92. The maximum atomic E-state index is 13.7. The summed E-state index contributed by atoms with van der Waals surface area (Å²) in [4.78, 5) is 20.2. The summed E-state index contributed by atoms with van der Waals surface area (Å²) in [5.74, 6) is 0.753. The molecule has 3 aromatic rings. The standard InChI is InChI=1S/C25H29N3O2/c1-18-10-14-27(15-11-18)24(21-8-12-26-13-9-21)23-22(29)16-19(2)28(25(23)30)17-20-6-4-3-5-7-20/h3-9,12-13,16,18,24,29H,10-11,14-15,17H2,1-2H3/t24-/m1/s1. The van der Waals surface area contributed by atoms with Gasteiger partial charge in [0, 0.05) is 18.1 Å². The Morgan fingerprint density at radius 1 is 1.10 bits per heavy atom. The number of piperidine rings is 1. The Balaban J connectivity index is 1.82. The molecule has 2 aromatic heterocycles. The highest BCUT2D eigenvalue weighted by Gasteiger charge is 2.31. The van der Waals surface area contributed by atoms with E-state index in [1.807, 2.05) is 49.4 Å². The molecule has 1 atom stereocenters. The number of nitrogens with zero attached hydrogens (tertiary/aromatic N) is 3. The van der Waals surface area contributed by atoms with Crippen LogP contribution in [0.5, 0.6) is 5.75 Å². The molecule has 5 heteroatoms. The molecule has 0 radical (unpaired) electrons. The smallest absolute Gasteiger partial charge is 0.259 e. The van der Waals surface area contributed by atoms with Gasteiger partial charge in [-0.25, -0.2) is 0 Å². The monoisotopic (exact) mass is 403 g/mol. The molecule has 3 heterocycles. The van der Waals surface area contributed by atoms with Crippen molar-refractivity contribution in [3.8, 4) is 5.75 Å². The zero-order valence-corrected chi connectivity index (χ0v) is 17.7. The Morgan fingerprint density at radius 3 is 2.43 bits per heavy atom. The first-order valence-corrected chi connectivity index (χ1v) is 10.7. The first-order valence-electron chi connectivity index (χ1n) is 10.7. The molecule has 0 bridgehead atoms. The van der Waals surface area contributed by atoms with Crippen LogP contribution in [0.25, 0.3) is 0 Å². The Bertz CT molecular complexity index is 1040. The second kappa shape index (κ2) is 8.84. The summed E-state index contributed by atoms with van der Waals surface area (Å²) in [6.07, 6.45) is 5.68. The molecular formula is C25H29N3O2. The minimum atomic E-state index is -0.282. The number of rotatable bonds is 5. The predicted molar refractivity (Wildman–Crippen MR) is 119 cm³/mol. The van der Waals surface area contributed by atoms with Crippen molar-refractivity contribution >= 4 is 0 Å². The van der Waals surface area contributed by atoms with Gasteiger partial charge in [0.25, 0.3) is 5.56 Å². The number of aromatic nitrogens is 2. The zero-order chi connectivity index (χ0) is 21.1. The Morgan fingerprint density at radius 2 is 1.77 bits per heavy atom. The van der Waals surface area contributed by atoms with E-state index >= 15 is 0 Å². The molecule has 0 spiro atoms. The fourth-order valence-electron chi connectivity index (χ4n) is 4.38. The summed E-state index contributed by atoms with van der Waals surface area (Å²) >= 11 is 0. The van der Waals surface area contributed by atoms with Gasteiger partial charge in [0.15, 0.2) is 0 Å². The van der Waals surface area contributed by atoms with Crippen LogP contribution in [0.4, 0.5) is 0 Å². The number of hydrogen-bond acceptors (Lipinski definition) is 4. The maximum absolute atomic E-state index is 13.7. The second-order valence-corrected chi connectivity index (χ2v) is 8.36. The molecule has 0 unspecified atom stereocenters. The van der Waals surface area contributed by atoms with Crippen molar-refractivity contribution in [3.63, 3.8) is 0 Å². The minimum Gasteiger partial charge on any atom is -0.507 e. The van der Waals surface area contributed by atoms with Crippen molar-refractivity contribution in [1.29, 1.82) is 0 Å². The minimum absolute atomic E-state index is 0.0715. The largest absolute Gasteiger partial charge is 0.507 e. The van der Waals surface area contributed by atoms with Crippen LogP contribution in [0.3, 0.4) is 0 Å². The second-order valence-electron chi connectivity index (χ2n) is 8.36. The molecule has 156 valence electrons. The van der Waals surface area contributed by atoms with E-state index in [4.69, 9.17) is 0 Å². The lowest BCUT2D eigenvalue weighted by atomic mass is 9.92. The Labute approximate surface area is 177 Å². The molecule has 1 fully saturated rings. The lowest BCUT2D eigenvalue weighted by molar-refractivity contribution is 0.154. The van der Waals surface area contributed by atoms with Gasteiger partial charge in [-0.05, 0) is 68.1 Å². The molecule has 4 rings (SSSR count). The summed E-state index contributed by atoms with van der Waals surface area (Å²) < 4.78 is 1.77. The van der Waals surface area contributed by atoms with Gasteiger partial charge in [-0.2, -0.15) is 0 Å². The number of benzene rings is 1. The highest BCUT2D eigenvalue weighted by molar-refractivity contribution is 5.41. The van der Waals surface area contributed by atoms with E-state index in [2.05, 4.69) is 16.8 Å². The summed E-state index contributed by atoms with van der Waals surface area (Å²) in [6, 6.07) is 15.3. The van der Waals surface area contributed by atoms with Gasteiger partial charge >= 0.3 is 0 Å². The van der Waals surface area contributed by atoms with Crippen molar-refractivity contribution < 1.29 is 5.11 Å². The topological polar surface area (TPSA) is 58.4 Å². The average molecular weight is 404 g/mol. The molecule has 5 nitrogen and oxygen atoms in total. The molecule has 0 saturated carbocycles. The zero-order valence-electron chi connectivity index (χ0n) is 17.7. The highest BCUT2D eigenvalue weighted by atomic mass is 16.3. The van der Waals surface area contributed by atoms with Gasteiger partial charge in [0.05, 0.1) is 18.2 Å². The van der Waals surface area contributed by atoms with Crippen molar-refractivity contribution in [2.45, 2.75) is 39.3 Å². The fourth-order valence-corrected chi connectivity index (χ4v) is 4.38. The van der Waals surface area contributed by atoms with Gasteiger partial charge in [0.1, 0.15) is 5.75 Å². The van der Waals surface area contributed by atoms with E-state index < -0.39 is 0 Å². The SMILES string of the molecule is Cc1cc(O)c([C@@H](c2ccncc2)N2CCC(C)CC2)c(=O)n1Cc1ccccc1. The first kappa shape index (κ1) is 20.4. The van der Waals surface area contributed by atoms with Crippen molar-refractivity contribution in [2.24, 2.45) is 5.92 Å². The third-order valence-corrected chi connectivity index (χ3v) is 6.19. The predicted octanol–water partition coefficient (Wildman–Crippen LogP) is 4.13. The number of likely N-dealkylation sites (tertiary alicyclic amines) is 1. The number of hydrogen-bond donors (Lipinski definition) is 1. The van der Waals surface area contributed by atoms with E-state index in [-0.39, 0.29) is 17.4 Å². The van der Waals surface area contributed by atoms with Crippen LogP contribution in [0, 0.1) is 12.8 Å². The fraction of sp³-hybridized carbons (Fsp3) is 0.360. The van der Waals surface area contributed by atoms with Gasteiger partial charge in [0.2, 0.25) is 0 Å².